The van der Waals surface area contributed by atoms with Crippen molar-refractivity contribution in [3.8, 4) is 0 Å². The lowest BCUT2D eigenvalue weighted by Crippen LogP contribution is -2.25. The van der Waals surface area contributed by atoms with E-state index in [0.29, 0.717) is 5.92 Å². The molecule has 4 N–H and O–H groups in total. The predicted molar refractivity (Wildman–Crippen MR) is 77.9 cm³/mol. The Morgan fingerprint density at radius 3 is 2.39 bits per heavy atom. The molecule has 0 saturated carbocycles. The second-order valence-corrected chi connectivity index (χ2v) is 5.71. The molecule has 1 aliphatic rings. The van der Waals surface area contributed by atoms with E-state index < -0.39 is 0 Å². The monoisotopic (exact) mass is 242 g/mol. The molecule has 1 aromatic carbocycles. The molecule has 2 heteroatoms. The molecule has 1 atom stereocenters. The van der Waals surface area contributed by atoms with Crippen LogP contribution in [0.5, 0.6) is 0 Å². The lowest BCUT2D eigenvalue weighted by molar-refractivity contribution is 0.318. The number of hydrogen-bond donors (Lipinski definition) is 2. The molecular weight excluding hydrogens is 220 g/mol. The van der Waals surface area contributed by atoms with E-state index in [0.717, 1.165) is 24.2 Å². The van der Waals surface area contributed by atoms with Crippen LogP contribution in [0.2, 0.25) is 0 Å². The van der Waals surface area contributed by atoms with Crippen LogP contribution in [0.25, 0.3) is 0 Å². The highest BCUT2D eigenvalue weighted by molar-refractivity contribution is 5.39. The Bertz CT molecular complexity index is 466. The molecule has 0 saturated heterocycles. The molecule has 1 aromatic rings. The van der Waals surface area contributed by atoms with E-state index in [1.807, 2.05) is 18.2 Å². The molecule has 2 nitrogen and oxygen atoms in total. The molecule has 0 heterocycles. The molecule has 0 aliphatic heterocycles. The van der Waals surface area contributed by atoms with Crippen molar-refractivity contribution in [2.75, 3.05) is 5.73 Å². The summed E-state index contributed by atoms with van der Waals surface area (Å²) in [6.45, 7) is 4.49. The van der Waals surface area contributed by atoms with Gasteiger partial charge in [-0.1, -0.05) is 38.1 Å². The van der Waals surface area contributed by atoms with Gasteiger partial charge in [-0.25, -0.2) is 0 Å². The number of nitrogen functional groups attached to an aromatic ring is 1. The van der Waals surface area contributed by atoms with Gasteiger partial charge in [-0.15, -0.1) is 0 Å². The van der Waals surface area contributed by atoms with Crippen molar-refractivity contribution in [3.05, 3.63) is 53.8 Å². The summed E-state index contributed by atoms with van der Waals surface area (Å²) in [6.07, 6.45) is 8.65. The molecule has 0 spiro atoms. The molecule has 96 valence electrons. The highest BCUT2D eigenvalue weighted by Gasteiger charge is 2.27. The Labute approximate surface area is 109 Å². The van der Waals surface area contributed by atoms with E-state index in [-0.39, 0.29) is 5.41 Å². The number of allylic oxidation sites excluding steroid dienone is 3. The zero-order chi connectivity index (χ0) is 13.2. The lowest BCUT2D eigenvalue weighted by atomic mass is 9.73. The molecule has 0 fully saturated rings. The van der Waals surface area contributed by atoms with Gasteiger partial charge < -0.3 is 11.5 Å². The minimum atomic E-state index is 0.145. The quantitative estimate of drug-likeness (QED) is 0.799. The maximum absolute atomic E-state index is 5.86. The van der Waals surface area contributed by atoms with Gasteiger partial charge in [-0.05, 0) is 47.9 Å². The van der Waals surface area contributed by atoms with Gasteiger partial charge in [-0.3, -0.25) is 0 Å². The molecule has 0 amide bonds. The van der Waals surface area contributed by atoms with Gasteiger partial charge in [0.1, 0.15) is 0 Å². The van der Waals surface area contributed by atoms with Gasteiger partial charge in [-0.2, -0.15) is 0 Å². The lowest BCUT2D eigenvalue weighted by Gasteiger charge is -2.32. The molecule has 0 radical (unpaired) electrons. The third kappa shape index (κ3) is 2.95. The van der Waals surface area contributed by atoms with Crippen LogP contribution in [-0.2, 0) is 6.42 Å². The fraction of sp³-hybridized carbons (Fsp3) is 0.375. The van der Waals surface area contributed by atoms with E-state index in [2.05, 4.69) is 38.1 Å². The highest BCUT2D eigenvalue weighted by Crippen LogP contribution is 2.36. The fourth-order valence-corrected chi connectivity index (χ4v) is 2.53. The van der Waals surface area contributed by atoms with Crippen LogP contribution in [0.1, 0.15) is 25.8 Å². The topological polar surface area (TPSA) is 52.0 Å². The minimum absolute atomic E-state index is 0.145. The van der Waals surface area contributed by atoms with E-state index in [4.69, 9.17) is 11.5 Å². The first-order chi connectivity index (χ1) is 8.47. The van der Waals surface area contributed by atoms with Crippen LogP contribution in [0.4, 0.5) is 5.69 Å². The molecular formula is C16H22N2. The van der Waals surface area contributed by atoms with Gasteiger partial charge in [0.05, 0.1) is 0 Å². The van der Waals surface area contributed by atoms with Gasteiger partial charge in [0, 0.05) is 11.4 Å². The van der Waals surface area contributed by atoms with Crippen molar-refractivity contribution in [3.63, 3.8) is 0 Å². The Morgan fingerprint density at radius 1 is 1.11 bits per heavy atom. The van der Waals surface area contributed by atoms with Crippen molar-refractivity contribution in [1.29, 1.82) is 0 Å². The number of anilines is 1. The zero-order valence-corrected chi connectivity index (χ0v) is 11.2. The number of hydrogen-bond acceptors (Lipinski definition) is 2. The smallest absolute Gasteiger partial charge is 0.0314 e. The summed E-state index contributed by atoms with van der Waals surface area (Å²) in [5, 5.41) is 0. The van der Waals surface area contributed by atoms with Crippen molar-refractivity contribution < 1.29 is 0 Å². The first-order valence-corrected chi connectivity index (χ1v) is 6.48. The number of rotatable bonds is 3. The maximum atomic E-state index is 5.86. The van der Waals surface area contributed by atoms with Gasteiger partial charge in [0.2, 0.25) is 0 Å². The third-order valence-corrected chi connectivity index (χ3v) is 3.74. The molecule has 0 bridgehead atoms. The second-order valence-electron chi connectivity index (χ2n) is 5.71. The summed E-state index contributed by atoms with van der Waals surface area (Å²) in [7, 11) is 0. The molecule has 1 unspecified atom stereocenters. The average Bonchev–Trinajstić information content (AvgIpc) is 2.29. The van der Waals surface area contributed by atoms with Crippen LogP contribution in [-0.4, -0.2) is 0 Å². The van der Waals surface area contributed by atoms with Crippen LogP contribution >= 0.6 is 0 Å². The summed E-state index contributed by atoms with van der Waals surface area (Å²) < 4.78 is 0. The summed E-state index contributed by atoms with van der Waals surface area (Å²) in [4.78, 5) is 0. The first-order valence-electron chi connectivity index (χ1n) is 6.48. The van der Waals surface area contributed by atoms with E-state index in [1.165, 1.54) is 5.56 Å². The summed E-state index contributed by atoms with van der Waals surface area (Å²) in [5.41, 5.74) is 14.7. The Hall–Kier alpha value is -1.70. The second kappa shape index (κ2) is 4.89. The maximum Gasteiger partial charge on any atom is 0.0314 e. The molecule has 1 aliphatic carbocycles. The SMILES string of the molecule is CC1(C)C=C(N)C=CC1CCc1ccc(N)cc1. The van der Waals surface area contributed by atoms with Crippen molar-refractivity contribution >= 4 is 5.69 Å². The minimum Gasteiger partial charge on any atom is -0.399 e. The van der Waals surface area contributed by atoms with Crippen molar-refractivity contribution in [2.45, 2.75) is 26.7 Å². The normalized spacial score (nSPS) is 21.7. The highest BCUT2D eigenvalue weighted by atomic mass is 14.6. The van der Waals surface area contributed by atoms with Crippen LogP contribution < -0.4 is 11.5 Å². The Balaban J connectivity index is 1.99. The zero-order valence-electron chi connectivity index (χ0n) is 11.2. The third-order valence-electron chi connectivity index (χ3n) is 3.74. The van der Waals surface area contributed by atoms with Gasteiger partial charge in [0.15, 0.2) is 0 Å². The Kier molecular flexibility index (Phi) is 3.46. The van der Waals surface area contributed by atoms with Crippen LogP contribution in [0.15, 0.2) is 48.2 Å². The van der Waals surface area contributed by atoms with Crippen molar-refractivity contribution in [1.82, 2.24) is 0 Å². The van der Waals surface area contributed by atoms with E-state index >= 15 is 0 Å². The molecule has 2 rings (SSSR count). The average molecular weight is 242 g/mol. The van der Waals surface area contributed by atoms with Crippen molar-refractivity contribution in [2.24, 2.45) is 17.1 Å². The fourth-order valence-electron chi connectivity index (χ4n) is 2.53. The van der Waals surface area contributed by atoms with E-state index in [1.54, 1.807) is 0 Å². The standard InChI is InChI=1S/C16H22N2/c1-16(2)11-15(18)10-7-13(16)6-3-12-4-8-14(17)9-5-12/h4-5,7-11,13H,3,6,17-18H2,1-2H3. The van der Waals surface area contributed by atoms with Crippen LogP contribution in [0.3, 0.4) is 0 Å². The number of aryl methyl sites for hydroxylation is 1. The van der Waals surface area contributed by atoms with E-state index in [9.17, 15) is 0 Å². The van der Waals surface area contributed by atoms with Gasteiger partial charge >= 0.3 is 0 Å². The number of nitrogens with two attached hydrogens (primary N) is 2. The van der Waals surface area contributed by atoms with Crippen LogP contribution in [0, 0.1) is 11.3 Å². The predicted octanol–water partition coefficient (Wildman–Crippen LogP) is 3.26. The van der Waals surface area contributed by atoms with Gasteiger partial charge in [0.25, 0.3) is 0 Å². The first kappa shape index (κ1) is 12.7. The summed E-state index contributed by atoms with van der Waals surface area (Å²) >= 11 is 0. The largest absolute Gasteiger partial charge is 0.399 e. The molecule has 0 aromatic heterocycles. The Morgan fingerprint density at radius 2 is 1.78 bits per heavy atom. The summed E-state index contributed by atoms with van der Waals surface area (Å²) in [5.74, 6) is 0.544. The number of benzene rings is 1. The molecule has 18 heavy (non-hydrogen) atoms. The summed E-state index contributed by atoms with van der Waals surface area (Å²) in [6, 6.07) is 8.16.